The Morgan fingerprint density at radius 1 is 1.05 bits per heavy atom. The lowest BCUT2D eigenvalue weighted by molar-refractivity contribution is 0.443. The molecule has 2 aromatic rings. The third-order valence-electron chi connectivity index (χ3n) is 4.63. The van der Waals surface area contributed by atoms with Crippen LogP contribution in [0.15, 0.2) is 41.1 Å². The fraction of sp³-hybridized carbons (Fsp3) is 0.474. The van der Waals surface area contributed by atoms with Crippen LogP contribution in [0.25, 0.3) is 0 Å². The van der Waals surface area contributed by atoms with Crippen LogP contribution in [0.4, 0.5) is 0 Å². The Hall–Kier alpha value is -1.12. The molecule has 1 atom stereocenters. The molecule has 0 spiro atoms. The van der Waals surface area contributed by atoms with E-state index in [4.69, 9.17) is 0 Å². The Labute approximate surface area is 132 Å². The monoisotopic (exact) mass is 299 g/mol. The van der Waals surface area contributed by atoms with Gasteiger partial charge in [0.1, 0.15) is 0 Å². The van der Waals surface area contributed by atoms with Crippen molar-refractivity contribution in [2.45, 2.75) is 51.0 Å². The van der Waals surface area contributed by atoms with Crippen molar-refractivity contribution < 1.29 is 0 Å². The van der Waals surface area contributed by atoms with Gasteiger partial charge < -0.3 is 5.32 Å². The van der Waals surface area contributed by atoms with Gasteiger partial charge in [0, 0.05) is 0 Å². The molecule has 1 heterocycles. The van der Waals surface area contributed by atoms with Crippen molar-refractivity contribution in [1.82, 2.24) is 5.32 Å². The summed E-state index contributed by atoms with van der Waals surface area (Å²) in [6.45, 7) is 3.17. The van der Waals surface area contributed by atoms with Gasteiger partial charge >= 0.3 is 0 Å². The zero-order chi connectivity index (χ0) is 14.5. The number of hydrogen-bond acceptors (Lipinski definition) is 2. The van der Waals surface area contributed by atoms with Gasteiger partial charge in [0.25, 0.3) is 0 Å². The van der Waals surface area contributed by atoms with Crippen LogP contribution in [-0.4, -0.2) is 6.54 Å². The maximum Gasteiger partial charge on any atom is 0.0584 e. The van der Waals surface area contributed by atoms with Crippen molar-refractivity contribution in [3.05, 3.63) is 57.8 Å². The minimum Gasteiger partial charge on any atom is -0.307 e. The summed E-state index contributed by atoms with van der Waals surface area (Å²) in [7, 11) is 0. The highest BCUT2D eigenvalue weighted by molar-refractivity contribution is 7.08. The van der Waals surface area contributed by atoms with Crippen LogP contribution in [0.2, 0.25) is 0 Å². The summed E-state index contributed by atoms with van der Waals surface area (Å²) in [6, 6.07) is 11.9. The molecule has 1 aromatic heterocycles. The third-order valence-corrected chi connectivity index (χ3v) is 5.33. The molecule has 0 saturated heterocycles. The Kier molecular flexibility index (Phi) is 5.10. The van der Waals surface area contributed by atoms with E-state index in [0.717, 1.165) is 12.5 Å². The molecule has 1 aliphatic rings. The zero-order valence-electron chi connectivity index (χ0n) is 12.8. The highest BCUT2D eigenvalue weighted by atomic mass is 32.1. The molecule has 3 rings (SSSR count). The lowest BCUT2D eigenvalue weighted by atomic mass is 9.83. The van der Waals surface area contributed by atoms with E-state index < -0.39 is 0 Å². The van der Waals surface area contributed by atoms with Gasteiger partial charge in [-0.3, -0.25) is 0 Å². The molecule has 1 N–H and O–H groups in total. The first-order chi connectivity index (χ1) is 10.4. The van der Waals surface area contributed by atoms with Crippen LogP contribution in [0.3, 0.4) is 0 Å². The predicted molar refractivity (Wildman–Crippen MR) is 92.1 cm³/mol. The van der Waals surface area contributed by atoms with Gasteiger partial charge in [0.15, 0.2) is 0 Å². The highest BCUT2D eigenvalue weighted by Crippen LogP contribution is 2.33. The lowest BCUT2D eigenvalue weighted by Crippen LogP contribution is -2.21. The molecule has 0 amide bonds. The first kappa shape index (κ1) is 14.8. The van der Waals surface area contributed by atoms with Crippen molar-refractivity contribution in [1.29, 1.82) is 0 Å². The first-order valence-electron chi connectivity index (χ1n) is 8.24. The van der Waals surface area contributed by atoms with E-state index >= 15 is 0 Å². The first-order valence-corrected chi connectivity index (χ1v) is 9.18. The van der Waals surface area contributed by atoms with Crippen molar-refractivity contribution in [3.8, 4) is 0 Å². The standard InChI is InChI=1S/C19H25NS/c1-2-20-19(18-12-13-21-14-18)17-10-8-16(9-11-17)15-6-4-3-5-7-15/h8-15,19-20H,2-7H2,1H3. The Morgan fingerprint density at radius 3 is 2.43 bits per heavy atom. The summed E-state index contributed by atoms with van der Waals surface area (Å²) in [5.74, 6) is 0.798. The third kappa shape index (κ3) is 3.56. The minimum absolute atomic E-state index is 0.335. The number of hydrogen-bond donors (Lipinski definition) is 1. The van der Waals surface area contributed by atoms with Gasteiger partial charge in [-0.1, -0.05) is 50.5 Å². The zero-order valence-corrected chi connectivity index (χ0v) is 13.7. The summed E-state index contributed by atoms with van der Waals surface area (Å²) in [6.07, 6.45) is 6.99. The normalized spacial score (nSPS) is 17.8. The van der Waals surface area contributed by atoms with E-state index in [1.165, 1.54) is 43.2 Å². The average Bonchev–Trinajstić information content (AvgIpc) is 3.08. The van der Waals surface area contributed by atoms with Crippen molar-refractivity contribution in [3.63, 3.8) is 0 Å². The summed E-state index contributed by atoms with van der Waals surface area (Å²) in [5, 5.41) is 8.02. The molecule has 1 nitrogen and oxygen atoms in total. The quantitative estimate of drug-likeness (QED) is 0.769. The molecule has 0 bridgehead atoms. The van der Waals surface area contributed by atoms with Gasteiger partial charge in [-0.05, 0) is 58.8 Å². The molecule has 1 unspecified atom stereocenters. The summed E-state index contributed by atoms with van der Waals surface area (Å²) in [5.41, 5.74) is 4.31. The van der Waals surface area contributed by atoms with Crippen LogP contribution in [0.5, 0.6) is 0 Å². The van der Waals surface area contributed by atoms with Crippen LogP contribution in [0.1, 0.15) is 67.7 Å². The molecule has 21 heavy (non-hydrogen) atoms. The minimum atomic E-state index is 0.335. The van der Waals surface area contributed by atoms with E-state index in [1.807, 2.05) is 0 Å². The Bertz CT molecular complexity index is 523. The molecule has 1 aromatic carbocycles. The van der Waals surface area contributed by atoms with E-state index in [-0.39, 0.29) is 0 Å². The second-order valence-electron chi connectivity index (χ2n) is 6.05. The molecule has 1 fully saturated rings. The van der Waals surface area contributed by atoms with Gasteiger partial charge in [-0.2, -0.15) is 11.3 Å². The summed E-state index contributed by atoms with van der Waals surface area (Å²) in [4.78, 5) is 0. The van der Waals surface area contributed by atoms with Gasteiger partial charge in [-0.15, -0.1) is 0 Å². The maximum atomic E-state index is 3.61. The Balaban J connectivity index is 1.78. The fourth-order valence-corrected chi connectivity index (χ4v) is 4.15. The molecular weight excluding hydrogens is 274 g/mol. The van der Waals surface area contributed by atoms with Gasteiger partial charge in [0.2, 0.25) is 0 Å². The molecule has 0 aliphatic heterocycles. The number of nitrogens with one attached hydrogen (secondary N) is 1. The van der Waals surface area contributed by atoms with E-state index in [0.29, 0.717) is 6.04 Å². The van der Waals surface area contributed by atoms with E-state index in [1.54, 1.807) is 16.9 Å². The molecule has 112 valence electrons. The molecule has 2 heteroatoms. The smallest absolute Gasteiger partial charge is 0.0584 e. The van der Waals surface area contributed by atoms with Gasteiger partial charge in [-0.25, -0.2) is 0 Å². The SMILES string of the molecule is CCNC(c1ccc(C2CCCCC2)cc1)c1ccsc1. The van der Waals surface area contributed by atoms with Crippen LogP contribution in [-0.2, 0) is 0 Å². The van der Waals surface area contributed by atoms with Crippen LogP contribution >= 0.6 is 11.3 Å². The number of rotatable bonds is 5. The summed E-state index contributed by atoms with van der Waals surface area (Å²) < 4.78 is 0. The molecule has 0 radical (unpaired) electrons. The van der Waals surface area contributed by atoms with Crippen molar-refractivity contribution in [2.24, 2.45) is 0 Å². The number of thiophene rings is 1. The van der Waals surface area contributed by atoms with Crippen molar-refractivity contribution in [2.75, 3.05) is 6.54 Å². The largest absolute Gasteiger partial charge is 0.307 e. The van der Waals surface area contributed by atoms with Gasteiger partial charge in [0.05, 0.1) is 6.04 Å². The van der Waals surface area contributed by atoms with Crippen molar-refractivity contribution >= 4 is 11.3 Å². The molecule has 1 aliphatic carbocycles. The average molecular weight is 299 g/mol. The second-order valence-corrected chi connectivity index (χ2v) is 6.83. The summed E-state index contributed by atoms with van der Waals surface area (Å²) >= 11 is 1.77. The topological polar surface area (TPSA) is 12.0 Å². The second kappa shape index (κ2) is 7.24. The predicted octanol–water partition coefficient (Wildman–Crippen LogP) is 5.49. The van der Waals surface area contributed by atoms with Crippen LogP contribution in [0, 0.1) is 0 Å². The molecule has 1 saturated carbocycles. The molecular formula is C19H25NS. The van der Waals surface area contributed by atoms with Crippen LogP contribution < -0.4 is 5.32 Å². The van der Waals surface area contributed by atoms with E-state index in [2.05, 4.69) is 53.3 Å². The highest BCUT2D eigenvalue weighted by Gasteiger charge is 2.17. The Morgan fingerprint density at radius 2 is 1.81 bits per heavy atom. The number of benzene rings is 1. The van der Waals surface area contributed by atoms with E-state index in [9.17, 15) is 0 Å². The maximum absolute atomic E-state index is 3.61. The lowest BCUT2D eigenvalue weighted by Gasteiger charge is -2.23. The fourth-order valence-electron chi connectivity index (χ4n) is 3.47.